The second-order valence-corrected chi connectivity index (χ2v) is 8.38. The number of para-hydroxylation sites is 2. The fourth-order valence-electron chi connectivity index (χ4n) is 4.21. The molecule has 1 amide bonds. The minimum atomic E-state index is -0.133. The van der Waals surface area contributed by atoms with E-state index in [2.05, 4.69) is 14.9 Å². The van der Waals surface area contributed by atoms with Gasteiger partial charge in [-0.05, 0) is 29.8 Å². The van der Waals surface area contributed by atoms with Gasteiger partial charge in [0.25, 0.3) is 0 Å². The summed E-state index contributed by atoms with van der Waals surface area (Å²) in [5.41, 5.74) is 3.93. The van der Waals surface area contributed by atoms with Crippen LogP contribution in [-0.4, -0.2) is 56.4 Å². The van der Waals surface area contributed by atoms with Gasteiger partial charge in [-0.25, -0.2) is 4.98 Å². The fourth-order valence-corrected chi connectivity index (χ4v) is 4.21. The number of fused-ring (bicyclic) bond motifs is 1. The Morgan fingerprint density at radius 2 is 1.76 bits per heavy atom. The first-order chi connectivity index (χ1) is 16.2. The molecule has 0 spiro atoms. The summed E-state index contributed by atoms with van der Waals surface area (Å²) in [6.07, 6.45) is 1.64. The molecule has 0 bridgehead atoms. The van der Waals surface area contributed by atoms with Gasteiger partial charge >= 0.3 is 0 Å². The first kappa shape index (κ1) is 21.3. The van der Waals surface area contributed by atoms with E-state index in [0.29, 0.717) is 39.3 Å². The van der Waals surface area contributed by atoms with E-state index in [9.17, 15) is 4.79 Å². The predicted octanol–water partition coefficient (Wildman–Crippen LogP) is 3.39. The van der Waals surface area contributed by atoms with Crippen molar-refractivity contribution in [2.24, 2.45) is 0 Å². The Balaban J connectivity index is 1.33. The highest BCUT2D eigenvalue weighted by Gasteiger charge is 2.29. The minimum absolute atomic E-state index is 0.0962. The largest absolute Gasteiger partial charge is 0.369 e. The van der Waals surface area contributed by atoms with Crippen molar-refractivity contribution in [3.63, 3.8) is 0 Å². The van der Waals surface area contributed by atoms with Gasteiger partial charge in [0.1, 0.15) is 5.82 Å². The highest BCUT2D eigenvalue weighted by molar-refractivity contribution is 5.78. The Kier molecular flexibility index (Phi) is 6.41. The van der Waals surface area contributed by atoms with Crippen LogP contribution in [0.3, 0.4) is 0 Å². The Morgan fingerprint density at radius 1 is 0.939 bits per heavy atom. The molecule has 1 N–H and O–H groups in total. The van der Waals surface area contributed by atoms with Crippen LogP contribution in [0.1, 0.15) is 17.1 Å². The molecule has 2 aromatic carbocycles. The summed E-state index contributed by atoms with van der Waals surface area (Å²) in [6, 6.07) is 23.9. The van der Waals surface area contributed by atoms with E-state index in [1.807, 2.05) is 77.7 Å². The summed E-state index contributed by atoms with van der Waals surface area (Å²) in [4.78, 5) is 29.6. The lowest BCUT2D eigenvalue weighted by Gasteiger charge is -2.24. The van der Waals surface area contributed by atoms with Crippen molar-refractivity contribution < 1.29 is 9.53 Å². The van der Waals surface area contributed by atoms with E-state index in [0.717, 1.165) is 28.1 Å². The number of carbonyl (C=O) groups excluding carboxylic acids is 1. The van der Waals surface area contributed by atoms with Gasteiger partial charge in [-0.1, -0.05) is 48.5 Å². The summed E-state index contributed by atoms with van der Waals surface area (Å²) in [5.74, 6) is 0.947. The Bertz CT molecular complexity index is 1160. The molecule has 0 aliphatic carbocycles. The number of nitrogens with zero attached hydrogens (tertiary/aromatic N) is 4. The SMILES string of the molecule is O=C1CN(Cc2nc3ccccc3[nH]2)CC(OCc2ccccn2)CN1Cc1ccccc1. The van der Waals surface area contributed by atoms with Crippen LogP contribution in [0.5, 0.6) is 0 Å². The molecule has 3 heterocycles. The van der Waals surface area contributed by atoms with Gasteiger partial charge in [0.2, 0.25) is 5.91 Å². The van der Waals surface area contributed by atoms with Crippen LogP contribution in [0.15, 0.2) is 79.0 Å². The first-order valence-corrected chi connectivity index (χ1v) is 11.2. The van der Waals surface area contributed by atoms with Gasteiger partial charge in [-0.15, -0.1) is 0 Å². The number of carbonyl (C=O) groups is 1. The van der Waals surface area contributed by atoms with Crippen molar-refractivity contribution >= 4 is 16.9 Å². The number of hydrogen-bond donors (Lipinski definition) is 1. The number of H-pyrrole nitrogens is 1. The number of aromatic amines is 1. The lowest BCUT2D eigenvalue weighted by molar-refractivity contribution is -0.132. The van der Waals surface area contributed by atoms with Gasteiger partial charge in [-0.3, -0.25) is 14.7 Å². The van der Waals surface area contributed by atoms with Crippen molar-refractivity contribution in [3.05, 3.63) is 96.1 Å². The third kappa shape index (κ3) is 5.45. The van der Waals surface area contributed by atoms with Gasteiger partial charge in [0, 0.05) is 25.8 Å². The molecule has 1 aliphatic rings. The third-order valence-corrected chi connectivity index (χ3v) is 5.82. The van der Waals surface area contributed by atoms with Crippen molar-refractivity contribution in [3.8, 4) is 0 Å². The topological polar surface area (TPSA) is 74.3 Å². The number of benzene rings is 2. The van der Waals surface area contributed by atoms with Crippen molar-refractivity contribution in [2.75, 3.05) is 19.6 Å². The standard InChI is InChI=1S/C26H27N5O2/c32-26-18-30(17-25-28-23-11-4-5-12-24(23)29-25)15-22(33-19-21-10-6-7-13-27-21)16-31(26)14-20-8-2-1-3-9-20/h1-13,22H,14-19H2,(H,28,29). The highest BCUT2D eigenvalue weighted by atomic mass is 16.5. The number of rotatable bonds is 7. The molecule has 1 saturated heterocycles. The van der Waals surface area contributed by atoms with Gasteiger partial charge in [0.15, 0.2) is 0 Å². The average molecular weight is 442 g/mol. The Morgan fingerprint density at radius 3 is 2.58 bits per heavy atom. The van der Waals surface area contributed by atoms with Crippen LogP contribution in [0.25, 0.3) is 11.0 Å². The number of aromatic nitrogens is 3. The second kappa shape index (κ2) is 9.94. The van der Waals surface area contributed by atoms with Crippen molar-refractivity contribution in [1.29, 1.82) is 0 Å². The van der Waals surface area contributed by atoms with E-state index in [1.54, 1.807) is 6.20 Å². The monoisotopic (exact) mass is 441 g/mol. The molecule has 1 fully saturated rings. The van der Waals surface area contributed by atoms with E-state index in [4.69, 9.17) is 9.72 Å². The molecular weight excluding hydrogens is 414 g/mol. The number of amides is 1. The van der Waals surface area contributed by atoms with Gasteiger partial charge in [-0.2, -0.15) is 0 Å². The molecule has 7 nitrogen and oxygen atoms in total. The molecule has 5 rings (SSSR count). The second-order valence-electron chi connectivity index (χ2n) is 8.38. The summed E-state index contributed by atoms with van der Waals surface area (Å²) >= 11 is 0. The zero-order valence-electron chi connectivity index (χ0n) is 18.4. The summed E-state index contributed by atoms with van der Waals surface area (Å²) in [6.45, 7) is 3.05. The molecule has 1 atom stereocenters. The lowest BCUT2D eigenvalue weighted by Crippen LogP contribution is -2.37. The van der Waals surface area contributed by atoms with Crippen molar-refractivity contribution in [1.82, 2.24) is 24.8 Å². The minimum Gasteiger partial charge on any atom is -0.369 e. The van der Waals surface area contributed by atoms with Crippen LogP contribution in [0.4, 0.5) is 0 Å². The Labute approximate surface area is 193 Å². The van der Waals surface area contributed by atoms with Gasteiger partial charge < -0.3 is 14.6 Å². The van der Waals surface area contributed by atoms with Crippen LogP contribution < -0.4 is 0 Å². The highest BCUT2D eigenvalue weighted by Crippen LogP contribution is 2.17. The van der Waals surface area contributed by atoms with Gasteiger partial charge in [0.05, 0.1) is 42.5 Å². The molecular formula is C26H27N5O2. The molecule has 7 heteroatoms. The fraction of sp³-hybridized carbons (Fsp3) is 0.269. The number of ether oxygens (including phenoxy) is 1. The normalized spacial score (nSPS) is 17.4. The van der Waals surface area contributed by atoms with Crippen LogP contribution in [-0.2, 0) is 29.2 Å². The Hall–Kier alpha value is -3.55. The molecule has 0 radical (unpaired) electrons. The van der Waals surface area contributed by atoms with E-state index >= 15 is 0 Å². The van der Waals surface area contributed by atoms with Crippen LogP contribution in [0.2, 0.25) is 0 Å². The zero-order chi connectivity index (χ0) is 22.5. The maximum absolute atomic E-state index is 13.2. The molecule has 4 aromatic rings. The quantitative estimate of drug-likeness (QED) is 0.476. The van der Waals surface area contributed by atoms with Crippen LogP contribution in [0, 0.1) is 0 Å². The molecule has 2 aromatic heterocycles. The van der Waals surface area contributed by atoms with Crippen LogP contribution >= 0.6 is 0 Å². The first-order valence-electron chi connectivity index (χ1n) is 11.2. The number of imidazole rings is 1. The molecule has 33 heavy (non-hydrogen) atoms. The third-order valence-electron chi connectivity index (χ3n) is 5.82. The maximum atomic E-state index is 13.2. The smallest absolute Gasteiger partial charge is 0.237 e. The number of pyridine rings is 1. The molecule has 1 unspecified atom stereocenters. The van der Waals surface area contributed by atoms with E-state index in [1.165, 1.54) is 0 Å². The summed E-state index contributed by atoms with van der Waals surface area (Å²) in [5, 5.41) is 0. The maximum Gasteiger partial charge on any atom is 0.237 e. The molecule has 168 valence electrons. The molecule has 1 aliphatic heterocycles. The summed E-state index contributed by atoms with van der Waals surface area (Å²) < 4.78 is 6.26. The lowest BCUT2D eigenvalue weighted by atomic mass is 10.2. The van der Waals surface area contributed by atoms with Crippen molar-refractivity contribution in [2.45, 2.75) is 25.8 Å². The number of hydrogen-bond acceptors (Lipinski definition) is 5. The summed E-state index contributed by atoms with van der Waals surface area (Å²) in [7, 11) is 0. The molecule has 0 saturated carbocycles. The van der Waals surface area contributed by atoms with E-state index in [-0.39, 0.29) is 12.0 Å². The number of nitrogens with one attached hydrogen (secondary N) is 1. The predicted molar refractivity (Wildman–Crippen MR) is 126 cm³/mol. The zero-order valence-corrected chi connectivity index (χ0v) is 18.4. The average Bonchev–Trinajstić information content (AvgIpc) is 3.19. The van der Waals surface area contributed by atoms with E-state index < -0.39 is 0 Å².